The summed E-state index contributed by atoms with van der Waals surface area (Å²) in [6.07, 6.45) is 1.84. The third kappa shape index (κ3) is 1.82. The topological polar surface area (TPSA) is 47.3 Å². The quantitative estimate of drug-likeness (QED) is 0.697. The Kier molecular flexibility index (Phi) is 2.72. The molecule has 17 heavy (non-hydrogen) atoms. The van der Waals surface area contributed by atoms with Crippen molar-refractivity contribution in [3.8, 4) is 6.19 Å². The van der Waals surface area contributed by atoms with Gasteiger partial charge in [0.25, 0.3) is 0 Å². The molecule has 0 N–H and O–H groups in total. The lowest BCUT2D eigenvalue weighted by Crippen LogP contribution is -2.26. The van der Waals surface area contributed by atoms with Crippen LogP contribution in [0, 0.1) is 24.2 Å². The molecule has 1 fully saturated rings. The van der Waals surface area contributed by atoms with Gasteiger partial charge in [-0.25, -0.2) is 14.1 Å². The Morgan fingerprint density at radius 1 is 1.53 bits per heavy atom. The maximum Gasteiger partial charge on any atom is 0.333 e. The second-order valence-electron chi connectivity index (χ2n) is 4.13. The van der Waals surface area contributed by atoms with Gasteiger partial charge in [-0.1, -0.05) is 12.1 Å². The number of benzene rings is 1. The first kappa shape index (κ1) is 11.4. The Hall–Kier alpha value is -2.09. The Morgan fingerprint density at radius 3 is 2.76 bits per heavy atom. The third-order valence-electron chi connectivity index (χ3n) is 3.04. The first-order valence-electron chi connectivity index (χ1n) is 5.24. The Bertz CT molecular complexity index is 509. The van der Waals surface area contributed by atoms with Crippen LogP contribution < -0.4 is 0 Å². The van der Waals surface area contributed by atoms with Crippen molar-refractivity contribution in [1.29, 1.82) is 5.26 Å². The van der Waals surface area contributed by atoms with Crippen molar-refractivity contribution in [2.45, 2.75) is 13.0 Å². The fourth-order valence-corrected chi connectivity index (χ4v) is 1.98. The normalized spacial score (nSPS) is 19.6. The largest absolute Gasteiger partial charge is 0.333 e. The highest BCUT2D eigenvalue weighted by atomic mass is 19.1. The number of rotatable bonds is 1. The van der Waals surface area contributed by atoms with Crippen molar-refractivity contribution >= 4 is 6.03 Å². The van der Waals surface area contributed by atoms with Gasteiger partial charge < -0.3 is 4.90 Å². The van der Waals surface area contributed by atoms with Crippen LogP contribution in [0.2, 0.25) is 0 Å². The van der Waals surface area contributed by atoms with Crippen LogP contribution in [0.4, 0.5) is 9.18 Å². The zero-order chi connectivity index (χ0) is 12.6. The number of nitriles is 1. The lowest BCUT2D eigenvalue weighted by molar-refractivity contribution is 0.205. The number of nitrogens with zero attached hydrogens (tertiary/aromatic N) is 3. The number of carbonyl (C=O) groups excluding carboxylic acids is 1. The number of amides is 2. The second kappa shape index (κ2) is 4.06. The number of hydrogen-bond acceptors (Lipinski definition) is 2. The van der Waals surface area contributed by atoms with Crippen molar-refractivity contribution in [2.75, 3.05) is 13.6 Å². The fraction of sp³-hybridized carbons (Fsp3) is 0.333. The molecule has 1 heterocycles. The molecule has 1 aliphatic rings. The summed E-state index contributed by atoms with van der Waals surface area (Å²) >= 11 is 0. The van der Waals surface area contributed by atoms with Crippen LogP contribution in [0.15, 0.2) is 18.2 Å². The first-order chi connectivity index (χ1) is 8.04. The van der Waals surface area contributed by atoms with Gasteiger partial charge in [0, 0.05) is 7.05 Å². The van der Waals surface area contributed by atoms with E-state index in [1.807, 2.05) is 6.19 Å². The molecule has 1 aromatic rings. The highest BCUT2D eigenvalue weighted by Gasteiger charge is 2.35. The van der Waals surface area contributed by atoms with E-state index in [4.69, 9.17) is 5.26 Å². The lowest BCUT2D eigenvalue weighted by atomic mass is 10.0. The van der Waals surface area contributed by atoms with Crippen molar-refractivity contribution in [2.24, 2.45) is 0 Å². The summed E-state index contributed by atoms with van der Waals surface area (Å²) in [6, 6.07) is 4.24. The molecule has 2 amide bonds. The van der Waals surface area contributed by atoms with Crippen LogP contribution >= 0.6 is 0 Å². The van der Waals surface area contributed by atoms with Crippen LogP contribution in [0.5, 0.6) is 0 Å². The van der Waals surface area contributed by atoms with Crippen molar-refractivity contribution < 1.29 is 9.18 Å². The van der Waals surface area contributed by atoms with Gasteiger partial charge in [-0.3, -0.25) is 0 Å². The maximum absolute atomic E-state index is 13.2. The number of carbonyl (C=O) groups is 1. The molecule has 1 aromatic carbocycles. The molecule has 0 bridgehead atoms. The Morgan fingerprint density at radius 2 is 2.24 bits per heavy atom. The minimum atomic E-state index is -0.320. The summed E-state index contributed by atoms with van der Waals surface area (Å²) in [7, 11) is 1.64. The van der Waals surface area contributed by atoms with Crippen LogP contribution in [0.25, 0.3) is 0 Å². The minimum absolute atomic E-state index is 0.193. The molecule has 5 heteroatoms. The van der Waals surface area contributed by atoms with Gasteiger partial charge in [-0.2, -0.15) is 5.26 Å². The van der Waals surface area contributed by atoms with E-state index in [1.165, 1.54) is 11.0 Å². The molecule has 2 rings (SSSR count). The molecule has 0 spiro atoms. The lowest BCUT2D eigenvalue weighted by Gasteiger charge is -2.18. The second-order valence-corrected chi connectivity index (χ2v) is 4.13. The molecular formula is C12H12FN3O. The van der Waals surface area contributed by atoms with E-state index >= 15 is 0 Å². The SMILES string of the molecule is Cc1cc(C2CN(C#N)C(=O)N2C)ccc1F. The summed E-state index contributed by atoms with van der Waals surface area (Å²) in [5.41, 5.74) is 1.39. The summed E-state index contributed by atoms with van der Waals surface area (Å²) in [5.74, 6) is -0.266. The van der Waals surface area contributed by atoms with Crippen molar-refractivity contribution in [1.82, 2.24) is 9.80 Å². The van der Waals surface area contributed by atoms with Gasteiger partial charge >= 0.3 is 6.03 Å². The zero-order valence-electron chi connectivity index (χ0n) is 9.64. The van der Waals surface area contributed by atoms with Gasteiger partial charge in [0.2, 0.25) is 0 Å². The van der Waals surface area contributed by atoms with Gasteiger partial charge in [-0.15, -0.1) is 0 Å². The number of urea groups is 1. The van der Waals surface area contributed by atoms with E-state index in [9.17, 15) is 9.18 Å². The van der Waals surface area contributed by atoms with Crippen LogP contribution in [0.1, 0.15) is 17.2 Å². The molecule has 88 valence electrons. The predicted octanol–water partition coefficient (Wildman–Crippen LogP) is 2.02. The van der Waals surface area contributed by atoms with E-state index in [-0.39, 0.29) is 17.9 Å². The predicted molar refractivity (Wildman–Crippen MR) is 59.4 cm³/mol. The van der Waals surface area contributed by atoms with E-state index < -0.39 is 0 Å². The molecule has 0 radical (unpaired) electrons. The van der Waals surface area contributed by atoms with E-state index in [0.29, 0.717) is 12.1 Å². The summed E-state index contributed by atoms with van der Waals surface area (Å²) in [4.78, 5) is 14.2. The molecule has 4 nitrogen and oxygen atoms in total. The molecule has 1 unspecified atom stereocenters. The number of halogens is 1. The van der Waals surface area contributed by atoms with Gasteiger partial charge in [0.05, 0.1) is 12.6 Å². The maximum atomic E-state index is 13.2. The Labute approximate surface area is 98.9 Å². The summed E-state index contributed by atoms with van der Waals surface area (Å²) in [5, 5.41) is 8.79. The monoisotopic (exact) mass is 233 g/mol. The standard InChI is InChI=1S/C12H12FN3O/c1-8-5-9(3-4-10(8)13)11-6-16(7-14)12(17)15(11)2/h3-5,11H,6H2,1-2H3. The van der Waals surface area contributed by atoms with E-state index in [2.05, 4.69) is 0 Å². The van der Waals surface area contributed by atoms with Gasteiger partial charge in [-0.05, 0) is 24.1 Å². The average Bonchev–Trinajstić information content (AvgIpc) is 2.60. The summed E-state index contributed by atoms with van der Waals surface area (Å²) < 4.78 is 13.2. The summed E-state index contributed by atoms with van der Waals surface area (Å²) in [6.45, 7) is 1.99. The zero-order valence-corrected chi connectivity index (χ0v) is 9.64. The highest BCUT2D eigenvalue weighted by Crippen LogP contribution is 2.28. The molecule has 0 aliphatic carbocycles. The molecule has 1 saturated heterocycles. The molecule has 0 aromatic heterocycles. The van der Waals surface area contributed by atoms with Crippen molar-refractivity contribution in [3.05, 3.63) is 35.1 Å². The van der Waals surface area contributed by atoms with Crippen molar-refractivity contribution in [3.63, 3.8) is 0 Å². The number of hydrogen-bond donors (Lipinski definition) is 0. The number of aryl methyl sites for hydroxylation is 1. The minimum Gasteiger partial charge on any atom is -0.318 e. The number of likely N-dealkylation sites (N-methyl/N-ethyl adjacent to an activating group) is 1. The van der Waals surface area contributed by atoms with Crippen LogP contribution in [-0.4, -0.2) is 29.4 Å². The first-order valence-corrected chi connectivity index (χ1v) is 5.24. The van der Waals surface area contributed by atoms with E-state index in [1.54, 1.807) is 26.1 Å². The molecule has 0 saturated carbocycles. The average molecular weight is 233 g/mol. The third-order valence-corrected chi connectivity index (χ3v) is 3.04. The highest BCUT2D eigenvalue weighted by molar-refractivity contribution is 5.78. The van der Waals surface area contributed by atoms with Crippen LogP contribution in [0.3, 0.4) is 0 Å². The molecular weight excluding hydrogens is 221 g/mol. The Balaban J connectivity index is 2.33. The van der Waals surface area contributed by atoms with Gasteiger partial charge in [0.1, 0.15) is 5.82 Å². The smallest absolute Gasteiger partial charge is 0.318 e. The molecule has 1 aliphatic heterocycles. The molecule has 1 atom stereocenters. The fourth-order valence-electron chi connectivity index (χ4n) is 1.98. The van der Waals surface area contributed by atoms with Gasteiger partial charge in [0.15, 0.2) is 6.19 Å². The van der Waals surface area contributed by atoms with Crippen LogP contribution in [-0.2, 0) is 0 Å². The van der Waals surface area contributed by atoms with E-state index in [0.717, 1.165) is 10.5 Å².